The molecule has 150 valence electrons. The lowest BCUT2D eigenvalue weighted by Crippen LogP contribution is -2.39. The molecule has 0 bridgehead atoms. The van der Waals surface area contributed by atoms with Crippen molar-refractivity contribution in [3.63, 3.8) is 0 Å². The number of nitrogens with zero attached hydrogens (tertiary/aromatic N) is 1. The molecule has 1 rings (SSSR count). The zero-order valence-electron chi connectivity index (χ0n) is 17.1. The fraction of sp³-hybridized carbons (Fsp3) is 0.524. The summed E-state index contributed by atoms with van der Waals surface area (Å²) >= 11 is 0. The van der Waals surface area contributed by atoms with E-state index in [2.05, 4.69) is 15.5 Å². The Labute approximate surface area is 163 Å². The van der Waals surface area contributed by atoms with Crippen LogP contribution in [0.3, 0.4) is 0 Å². The number of carbonyl (C=O) groups is 2. The van der Waals surface area contributed by atoms with Crippen LogP contribution in [-0.4, -0.2) is 55.7 Å². The number of alkyl carbamates (subject to hydrolysis) is 1. The van der Waals surface area contributed by atoms with Gasteiger partial charge in [0, 0.05) is 12.6 Å². The van der Waals surface area contributed by atoms with Crippen molar-refractivity contribution in [1.29, 1.82) is 0 Å². The molecule has 1 aromatic rings. The van der Waals surface area contributed by atoms with Crippen LogP contribution in [0.2, 0.25) is 0 Å². The molecule has 0 saturated carbocycles. The second-order valence-electron chi connectivity index (χ2n) is 7.75. The number of amides is 2. The number of rotatable bonds is 9. The predicted octanol–water partition coefficient (Wildman–Crippen LogP) is 2.75. The first-order chi connectivity index (χ1) is 12.7. The Hall–Kier alpha value is -2.34. The minimum atomic E-state index is -0.574. The Kier molecular flexibility index (Phi) is 9.58. The molecule has 1 aromatic carbocycles. The third kappa shape index (κ3) is 11.8. The number of ether oxygens (including phenoxy) is 1. The van der Waals surface area contributed by atoms with Crippen molar-refractivity contribution in [3.05, 3.63) is 48.0 Å². The highest BCUT2D eigenvalue weighted by atomic mass is 16.6. The zero-order chi connectivity index (χ0) is 20.3. The highest BCUT2D eigenvalue weighted by molar-refractivity contribution is 5.87. The van der Waals surface area contributed by atoms with E-state index in [1.54, 1.807) is 6.08 Å². The standard InChI is InChI=1S/C21H33N3O3/c1-21(2,3)27-20(26)23-18(16-17-10-7-6-8-11-17)12-13-19(25)22-14-9-15-24(4)5/h6-8,10-13,18H,9,14-16H2,1-5H3,(H,22,25)(H,23,26)/t18-/m0/s1. The van der Waals surface area contributed by atoms with E-state index in [1.807, 2.05) is 65.2 Å². The van der Waals surface area contributed by atoms with Crippen molar-refractivity contribution in [2.45, 2.75) is 45.3 Å². The Balaban J connectivity index is 2.64. The van der Waals surface area contributed by atoms with Crippen LogP contribution >= 0.6 is 0 Å². The molecular formula is C21H33N3O3. The lowest BCUT2D eigenvalue weighted by atomic mass is 10.1. The van der Waals surface area contributed by atoms with Gasteiger partial charge in [0.1, 0.15) is 5.60 Å². The molecule has 0 aromatic heterocycles. The summed E-state index contributed by atoms with van der Waals surface area (Å²) in [5, 5.41) is 5.68. The minimum absolute atomic E-state index is 0.169. The van der Waals surface area contributed by atoms with Crippen molar-refractivity contribution in [1.82, 2.24) is 15.5 Å². The van der Waals surface area contributed by atoms with Crippen LogP contribution in [0, 0.1) is 0 Å². The van der Waals surface area contributed by atoms with Crippen molar-refractivity contribution in [3.8, 4) is 0 Å². The van der Waals surface area contributed by atoms with Crippen LogP contribution in [0.1, 0.15) is 32.8 Å². The van der Waals surface area contributed by atoms with E-state index in [9.17, 15) is 9.59 Å². The van der Waals surface area contributed by atoms with Gasteiger partial charge in [0.05, 0.1) is 6.04 Å². The average Bonchev–Trinajstić information content (AvgIpc) is 2.55. The van der Waals surface area contributed by atoms with Gasteiger partial charge in [-0.2, -0.15) is 0 Å². The van der Waals surface area contributed by atoms with E-state index in [0.717, 1.165) is 18.5 Å². The van der Waals surface area contributed by atoms with Gasteiger partial charge in [-0.1, -0.05) is 36.4 Å². The maximum absolute atomic E-state index is 12.1. The third-order valence-corrected chi connectivity index (χ3v) is 3.56. The lowest BCUT2D eigenvalue weighted by Gasteiger charge is -2.22. The first-order valence-corrected chi connectivity index (χ1v) is 9.30. The van der Waals surface area contributed by atoms with Gasteiger partial charge in [-0.25, -0.2) is 4.79 Å². The van der Waals surface area contributed by atoms with E-state index in [-0.39, 0.29) is 11.9 Å². The van der Waals surface area contributed by atoms with Gasteiger partial charge in [0.15, 0.2) is 0 Å². The SMILES string of the molecule is CN(C)CCCNC(=O)C=C[C@@H](Cc1ccccc1)NC(=O)OC(C)(C)C. The molecule has 0 saturated heterocycles. The predicted molar refractivity (Wildman–Crippen MR) is 109 cm³/mol. The smallest absolute Gasteiger partial charge is 0.408 e. The number of hydrogen-bond acceptors (Lipinski definition) is 4. The Morgan fingerprint density at radius 2 is 1.85 bits per heavy atom. The minimum Gasteiger partial charge on any atom is -0.444 e. The largest absolute Gasteiger partial charge is 0.444 e. The summed E-state index contributed by atoms with van der Waals surface area (Å²) in [5.74, 6) is -0.169. The first kappa shape index (κ1) is 22.7. The third-order valence-electron chi connectivity index (χ3n) is 3.56. The molecule has 0 fully saturated rings. The molecule has 2 amide bonds. The van der Waals surface area contributed by atoms with Crippen molar-refractivity contribution in [2.75, 3.05) is 27.2 Å². The summed E-state index contributed by atoms with van der Waals surface area (Å²) in [7, 11) is 4.00. The highest BCUT2D eigenvalue weighted by Crippen LogP contribution is 2.09. The maximum Gasteiger partial charge on any atom is 0.408 e. The van der Waals surface area contributed by atoms with Crippen molar-refractivity contribution < 1.29 is 14.3 Å². The van der Waals surface area contributed by atoms with Crippen molar-refractivity contribution in [2.24, 2.45) is 0 Å². The molecular weight excluding hydrogens is 342 g/mol. The summed E-state index contributed by atoms with van der Waals surface area (Å²) in [4.78, 5) is 26.2. The summed E-state index contributed by atoms with van der Waals surface area (Å²) in [6.45, 7) is 6.98. The first-order valence-electron chi connectivity index (χ1n) is 9.30. The topological polar surface area (TPSA) is 70.7 Å². The van der Waals surface area contributed by atoms with Crippen LogP contribution in [0.25, 0.3) is 0 Å². The second-order valence-corrected chi connectivity index (χ2v) is 7.75. The normalized spacial score (nSPS) is 12.8. The number of hydrogen-bond donors (Lipinski definition) is 2. The number of carbonyl (C=O) groups excluding carboxylic acids is 2. The zero-order valence-corrected chi connectivity index (χ0v) is 17.1. The Bertz CT molecular complexity index is 607. The van der Waals surface area contributed by atoms with E-state index in [1.165, 1.54) is 6.08 Å². The number of nitrogens with one attached hydrogen (secondary N) is 2. The van der Waals surface area contributed by atoms with Gasteiger partial charge >= 0.3 is 6.09 Å². The van der Waals surface area contributed by atoms with Gasteiger partial charge in [0.25, 0.3) is 0 Å². The Morgan fingerprint density at radius 3 is 2.44 bits per heavy atom. The van der Waals surface area contributed by atoms with Gasteiger partial charge in [-0.15, -0.1) is 0 Å². The quantitative estimate of drug-likeness (QED) is 0.514. The molecule has 0 aliphatic carbocycles. The molecule has 27 heavy (non-hydrogen) atoms. The maximum atomic E-state index is 12.1. The molecule has 1 atom stereocenters. The summed E-state index contributed by atoms with van der Waals surface area (Å²) in [6, 6.07) is 9.46. The summed E-state index contributed by atoms with van der Waals surface area (Å²) < 4.78 is 5.33. The van der Waals surface area contributed by atoms with Gasteiger partial charge in [-0.05, 0) is 59.8 Å². The molecule has 2 N–H and O–H groups in total. The van der Waals surface area contributed by atoms with E-state index in [0.29, 0.717) is 13.0 Å². The van der Waals surface area contributed by atoms with Crippen LogP contribution < -0.4 is 10.6 Å². The van der Waals surface area contributed by atoms with E-state index < -0.39 is 11.7 Å². The molecule has 0 unspecified atom stereocenters. The van der Waals surface area contributed by atoms with Crippen molar-refractivity contribution >= 4 is 12.0 Å². The fourth-order valence-corrected chi connectivity index (χ4v) is 2.36. The molecule has 0 spiro atoms. The summed E-state index contributed by atoms with van der Waals surface area (Å²) in [6.07, 6.45) is 4.14. The van der Waals surface area contributed by atoms with Gasteiger partial charge in [-0.3, -0.25) is 4.79 Å². The highest BCUT2D eigenvalue weighted by Gasteiger charge is 2.18. The van der Waals surface area contributed by atoms with E-state index in [4.69, 9.17) is 4.74 Å². The van der Waals surface area contributed by atoms with Crippen LogP contribution in [-0.2, 0) is 16.0 Å². The Morgan fingerprint density at radius 1 is 1.19 bits per heavy atom. The average molecular weight is 376 g/mol. The molecule has 6 heteroatoms. The van der Waals surface area contributed by atoms with E-state index >= 15 is 0 Å². The van der Waals surface area contributed by atoms with Crippen LogP contribution in [0.15, 0.2) is 42.5 Å². The molecule has 0 aliphatic rings. The number of benzene rings is 1. The molecule has 0 heterocycles. The van der Waals surface area contributed by atoms with Crippen LogP contribution in [0.4, 0.5) is 4.79 Å². The fourth-order valence-electron chi connectivity index (χ4n) is 2.36. The summed E-state index contributed by atoms with van der Waals surface area (Å²) in [5.41, 5.74) is 0.490. The molecule has 0 aliphatic heterocycles. The van der Waals surface area contributed by atoms with Crippen LogP contribution in [0.5, 0.6) is 0 Å². The molecule has 6 nitrogen and oxygen atoms in total. The van der Waals surface area contributed by atoms with Gasteiger partial charge in [0.2, 0.25) is 5.91 Å². The molecule has 0 radical (unpaired) electrons. The monoisotopic (exact) mass is 375 g/mol. The second kappa shape index (κ2) is 11.4. The lowest BCUT2D eigenvalue weighted by molar-refractivity contribution is -0.116. The van der Waals surface area contributed by atoms with Gasteiger partial charge < -0.3 is 20.3 Å².